The summed E-state index contributed by atoms with van der Waals surface area (Å²) < 4.78 is 12.3. The Morgan fingerprint density at radius 2 is 1.88 bits per heavy atom. The Balaban J connectivity index is 2.16. The molecule has 5 heteroatoms. The number of rotatable bonds is 6. The van der Waals surface area contributed by atoms with Crippen LogP contribution in [0.2, 0.25) is 5.02 Å². The molecule has 1 N–H and O–H groups in total. The van der Waals surface area contributed by atoms with Gasteiger partial charge in [0.05, 0.1) is 11.6 Å². The number of hydrogen-bond acceptors (Lipinski definition) is 3. The molecule has 0 unspecified atom stereocenters. The van der Waals surface area contributed by atoms with E-state index in [1.807, 2.05) is 36.4 Å². The first kappa shape index (κ1) is 19.1. The third kappa shape index (κ3) is 5.40. The maximum Gasteiger partial charge on any atom is 0.175 e. The van der Waals surface area contributed by atoms with Gasteiger partial charge >= 0.3 is 0 Å². The third-order valence-corrected chi connectivity index (χ3v) is 4.40. The normalized spacial score (nSPS) is 11.4. The molecule has 0 heterocycles. The number of methoxy groups -OCH3 is 1. The molecule has 2 aromatic rings. The van der Waals surface area contributed by atoms with E-state index in [0.717, 1.165) is 22.1 Å². The second-order valence-corrected chi connectivity index (χ2v) is 7.85. The first-order valence-electron chi connectivity index (χ1n) is 7.78. The molecule has 3 nitrogen and oxygen atoms in total. The molecule has 0 aliphatic rings. The lowest BCUT2D eigenvalue weighted by Crippen LogP contribution is -2.35. The van der Waals surface area contributed by atoms with Crippen molar-refractivity contribution in [2.45, 2.75) is 39.5 Å². The van der Waals surface area contributed by atoms with Gasteiger partial charge in [-0.25, -0.2) is 0 Å². The van der Waals surface area contributed by atoms with Crippen LogP contribution >= 0.6 is 27.5 Å². The molecule has 0 spiro atoms. The van der Waals surface area contributed by atoms with Crippen LogP contribution in [0.5, 0.6) is 11.5 Å². The Hall–Kier alpha value is -1.23. The zero-order valence-electron chi connectivity index (χ0n) is 14.5. The standard InChI is InChI=1S/C19H23BrClNO2/c1-19(2,3)22-11-13-9-15(20)18(17(10-13)23-4)24-12-14-7-5-6-8-16(14)21/h5-10,22H,11-12H2,1-4H3. The Labute approximate surface area is 157 Å². The third-order valence-electron chi connectivity index (χ3n) is 3.44. The van der Waals surface area contributed by atoms with E-state index >= 15 is 0 Å². The summed E-state index contributed by atoms with van der Waals surface area (Å²) in [5, 5.41) is 4.16. The number of halogens is 2. The van der Waals surface area contributed by atoms with Gasteiger partial charge in [0.25, 0.3) is 0 Å². The molecule has 130 valence electrons. The van der Waals surface area contributed by atoms with E-state index in [1.165, 1.54) is 0 Å². The van der Waals surface area contributed by atoms with E-state index in [-0.39, 0.29) is 5.54 Å². The summed E-state index contributed by atoms with van der Waals surface area (Å²) in [5.41, 5.74) is 2.12. The van der Waals surface area contributed by atoms with E-state index in [2.05, 4.69) is 42.0 Å². The first-order chi connectivity index (χ1) is 11.3. The van der Waals surface area contributed by atoms with Crippen molar-refractivity contribution in [1.29, 1.82) is 0 Å². The molecule has 0 saturated carbocycles. The molecule has 0 amide bonds. The Bertz CT molecular complexity index is 698. The average molecular weight is 413 g/mol. The van der Waals surface area contributed by atoms with Crippen molar-refractivity contribution in [2.24, 2.45) is 0 Å². The minimum Gasteiger partial charge on any atom is -0.493 e. The highest BCUT2D eigenvalue weighted by molar-refractivity contribution is 9.10. The minimum atomic E-state index is 0.0545. The number of nitrogens with one attached hydrogen (secondary N) is 1. The predicted octanol–water partition coefficient (Wildman–Crippen LogP) is 5.58. The van der Waals surface area contributed by atoms with Gasteiger partial charge in [0.15, 0.2) is 11.5 Å². The van der Waals surface area contributed by atoms with Gasteiger partial charge in [0.2, 0.25) is 0 Å². The number of ether oxygens (including phenoxy) is 2. The van der Waals surface area contributed by atoms with Crippen LogP contribution in [0.25, 0.3) is 0 Å². The Morgan fingerprint density at radius 3 is 2.50 bits per heavy atom. The van der Waals surface area contributed by atoms with E-state index in [4.69, 9.17) is 21.1 Å². The van der Waals surface area contributed by atoms with Gasteiger partial charge in [-0.05, 0) is 60.5 Å². The highest BCUT2D eigenvalue weighted by Gasteiger charge is 2.14. The lowest BCUT2D eigenvalue weighted by molar-refractivity contribution is 0.282. The molecule has 0 saturated heterocycles. The van der Waals surface area contributed by atoms with Crippen molar-refractivity contribution in [3.63, 3.8) is 0 Å². The largest absolute Gasteiger partial charge is 0.493 e. The van der Waals surface area contributed by atoms with E-state index < -0.39 is 0 Å². The van der Waals surface area contributed by atoms with Gasteiger partial charge in [0, 0.05) is 22.7 Å². The number of hydrogen-bond donors (Lipinski definition) is 1. The smallest absolute Gasteiger partial charge is 0.175 e. The van der Waals surface area contributed by atoms with E-state index in [0.29, 0.717) is 23.1 Å². The summed E-state index contributed by atoms with van der Waals surface area (Å²) in [6.07, 6.45) is 0. The van der Waals surface area contributed by atoms with E-state index in [1.54, 1.807) is 7.11 Å². The lowest BCUT2D eigenvalue weighted by Gasteiger charge is -2.21. The van der Waals surface area contributed by atoms with Gasteiger partial charge in [-0.3, -0.25) is 0 Å². The molecule has 24 heavy (non-hydrogen) atoms. The van der Waals surface area contributed by atoms with Crippen molar-refractivity contribution < 1.29 is 9.47 Å². The Morgan fingerprint density at radius 1 is 1.17 bits per heavy atom. The summed E-state index contributed by atoms with van der Waals surface area (Å²) in [7, 11) is 1.64. The SMILES string of the molecule is COc1cc(CNC(C)(C)C)cc(Br)c1OCc1ccccc1Cl. The van der Waals surface area contributed by atoms with Crippen LogP contribution in [-0.4, -0.2) is 12.6 Å². The summed E-state index contributed by atoms with van der Waals surface area (Å²) in [5.74, 6) is 1.37. The van der Waals surface area contributed by atoms with Crippen molar-refractivity contribution >= 4 is 27.5 Å². The molecular weight excluding hydrogens is 390 g/mol. The van der Waals surface area contributed by atoms with Crippen LogP contribution in [0.3, 0.4) is 0 Å². The lowest BCUT2D eigenvalue weighted by atomic mass is 10.1. The highest BCUT2D eigenvalue weighted by Crippen LogP contribution is 2.37. The zero-order chi connectivity index (χ0) is 17.7. The second kappa shape index (κ2) is 8.24. The van der Waals surface area contributed by atoms with E-state index in [9.17, 15) is 0 Å². The summed E-state index contributed by atoms with van der Waals surface area (Å²) in [4.78, 5) is 0. The zero-order valence-corrected chi connectivity index (χ0v) is 16.8. The molecule has 0 aromatic heterocycles. The fraction of sp³-hybridized carbons (Fsp3) is 0.368. The molecule has 0 atom stereocenters. The number of benzene rings is 2. The minimum absolute atomic E-state index is 0.0545. The van der Waals surface area contributed by atoms with Crippen LogP contribution in [0.4, 0.5) is 0 Å². The summed E-state index contributed by atoms with van der Waals surface area (Å²) >= 11 is 9.77. The van der Waals surface area contributed by atoms with Gasteiger partial charge in [-0.2, -0.15) is 0 Å². The topological polar surface area (TPSA) is 30.5 Å². The maximum absolute atomic E-state index is 6.18. The quantitative estimate of drug-likeness (QED) is 0.672. The van der Waals surface area contributed by atoms with Crippen LogP contribution in [0.1, 0.15) is 31.9 Å². The molecule has 0 bridgehead atoms. The second-order valence-electron chi connectivity index (χ2n) is 6.59. The first-order valence-corrected chi connectivity index (χ1v) is 8.95. The molecule has 0 aliphatic carbocycles. The monoisotopic (exact) mass is 411 g/mol. The van der Waals surface area contributed by atoms with Gasteiger partial charge < -0.3 is 14.8 Å². The van der Waals surface area contributed by atoms with Crippen LogP contribution < -0.4 is 14.8 Å². The van der Waals surface area contributed by atoms with Crippen molar-refractivity contribution in [3.05, 3.63) is 57.0 Å². The molecule has 0 radical (unpaired) electrons. The molecule has 2 aromatic carbocycles. The van der Waals surface area contributed by atoms with Crippen LogP contribution in [0.15, 0.2) is 40.9 Å². The molecular formula is C19H23BrClNO2. The summed E-state index contributed by atoms with van der Waals surface area (Å²) in [6.45, 7) is 7.55. The van der Waals surface area contributed by atoms with Crippen molar-refractivity contribution in [1.82, 2.24) is 5.32 Å². The van der Waals surface area contributed by atoms with Crippen LogP contribution in [0, 0.1) is 0 Å². The molecule has 2 rings (SSSR count). The maximum atomic E-state index is 6.18. The highest BCUT2D eigenvalue weighted by atomic mass is 79.9. The molecule has 0 fully saturated rings. The molecule has 0 aliphatic heterocycles. The van der Waals surface area contributed by atoms with Gasteiger partial charge in [-0.1, -0.05) is 29.8 Å². The van der Waals surface area contributed by atoms with Crippen molar-refractivity contribution in [2.75, 3.05) is 7.11 Å². The van der Waals surface area contributed by atoms with Gasteiger partial charge in [-0.15, -0.1) is 0 Å². The Kier molecular flexibility index (Phi) is 6.55. The van der Waals surface area contributed by atoms with Crippen LogP contribution in [-0.2, 0) is 13.2 Å². The van der Waals surface area contributed by atoms with Crippen molar-refractivity contribution in [3.8, 4) is 11.5 Å². The fourth-order valence-electron chi connectivity index (χ4n) is 2.15. The average Bonchev–Trinajstić information content (AvgIpc) is 2.52. The summed E-state index contributed by atoms with van der Waals surface area (Å²) in [6, 6.07) is 11.7. The van der Waals surface area contributed by atoms with Gasteiger partial charge in [0.1, 0.15) is 6.61 Å². The fourth-order valence-corrected chi connectivity index (χ4v) is 2.94. The predicted molar refractivity (Wildman–Crippen MR) is 103 cm³/mol.